The molecule has 0 aliphatic carbocycles. The second kappa shape index (κ2) is 9.48. The van der Waals surface area contributed by atoms with Gasteiger partial charge in [0.25, 0.3) is 0 Å². The van der Waals surface area contributed by atoms with Crippen LogP contribution in [0.25, 0.3) is 0 Å². The first-order valence-corrected chi connectivity index (χ1v) is 7.58. The number of aromatic amines is 1. The first-order valence-electron chi connectivity index (χ1n) is 7.58. The minimum Gasteiger partial charge on any atom is -0.481 e. The number of hydrogen-bond acceptors (Lipinski definition) is 7. The van der Waals surface area contributed by atoms with E-state index < -0.39 is 54.4 Å². The van der Waals surface area contributed by atoms with Crippen molar-refractivity contribution in [3.63, 3.8) is 0 Å². The molecule has 8 N–H and O–H groups in total. The largest absolute Gasteiger partial charge is 0.481 e. The van der Waals surface area contributed by atoms with E-state index in [9.17, 15) is 24.3 Å². The van der Waals surface area contributed by atoms with Gasteiger partial charge in [-0.25, -0.2) is 9.78 Å². The van der Waals surface area contributed by atoms with Gasteiger partial charge in [-0.15, -0.1) is 0 Å². The second-order valence-corrected chi connectivity index (χ2v) is 5.60. The number of amides is 2. The Morgan fingerprint density at radius 2 is 1.88 bits per heavy atom. The maximum absolute atomic E-state index is 12.2. The summed E-state index contributed by atoms with van der Waals surface area (Å²) < 4.78 is 0. The zero-order chi connectivity index (χ0) is 19.9. The summed E-state index contributed by atoms with van der Waals surface area (Å²) in [7, 11) is 0. The number of carboxylic acid groups (broad SMARTS) is 2. The van der Waals surface area contributed by atoms with Gasteiger partial charge in [0, 0.05) is 12.6 Å². The Labute approximate surface area is 147 Å². The lowest BCUT2D eigenvalue weighted by Gasteiger charge is -2.22. The van der Waals surface area contributed by atoms with E-state index in [1.165, 1.54) is 12.5 Å². The molecule has 1 aromatic rings. The van der Waals surface area contributed by atoms with Gasteiger partial charge in [-0.2, -0.15) is 0 Å². The summed E-state index contributed by atoms with van der Waals surface area (Å²) in [6.07, 6.45) is 0.734. The van der Waals surface area contributed by atoms with Crippen molar-refractivity contribution in [1.82, 2.24) is 20.6 Å². The summed E-state index contributed by atoms with van der Waals surface area (Å²) in [6, 6.07) is -4.33. The number of carbonyl (C=O) groups excluding carboxylic acids is 2. The topological polar surface area (TPSA) is 208 Å². The van der Waals surface area contributed by atoms with Crippen molar-refractivity contribution in [1.29, 1.82) is 0 Å². The third-order valence-electron chi connectivity index (χ3n) is 3.38. The van der Waals surface area contributed by atoms with Gasteiger partial charge in [0.2, 0.25) is 11.8 Å². The maximum atomic E-state index is 12.2. The van der Waals surface area contributed by atoms with Crippen LogP contribution in [0.2, 0.25) is 0 Å². The molecule has 26 heavy (non-hydrogen) atoms. The molecule has 12 heteroatoms. The average molecular weight is 371 g/mol. The number of carboxylic acids is 2. The highest BCUT2D eigenvalue weighted by Gasteiger charge is 2.31. The number of aliphatic hydroxyl groups excluding tert-OH is 1. The Balaban J connectivity index is 2.78. The summed E-state index contributed by atoms with van der Waals surface area (Å²) >= 11 is 0. The maximum Gasteiger partial charge on any atom is 0.328 e. The van der Waals surface area contributed by atoms with Crippen LogP contribution in [0.1, 0.15) is 19.0 Å². The monoisotopic (exact) mass is 371 g/mol. The van der Waals surface area contributed by atoms with Crippen LogP contribution in [0.15, 0.2) is 12.5 Å². The van der Waals surface area contributed by atoms with Gasteiger partial charge in [-0.05, 0) is 6.92 Å². The summed E-state index contributed by atoms with van der Waals surface area (Å²) in [5, 5.41) is 31.4. The molecular weight excluding hydrogens is 350 g/mol. The first-order chi connectivity index (χ1) is 12.1. The highest BCUT2D eigenvalue weighted by Crippen LogP contribution is 2.01. The number of nitrogens with one attached hydrogen (secondary N) is 3. The SMILES string of the molecule is C[C@@H](O)[C@H](NC(=O)[C@H](CC(=O)O)NC(=O)[C@@H](N)Cc1c[nH]cn1)C(=O)O. The predicted molar refractivity (Wildman–Crippen MR) is 85.7 cm³/mol. The fourth-order valence-electron chi connectivity index (χ4n) is 2.03. The number of aliphatic hydroxyl groups is 1. The Morgan fingerprint density at radius 3 is 2.35 bits per heavy atom. The molecule has 0 spiro atoms. The van der Waals surface area contributed by atoms with Gasteiger partial charge in [-0.3, -0.25) is 14.4 Å². The molecule has 144 valence electrons. The number of H-pyrrole nitrogens is 1. The van der Waals surface area contributed by atoms with Gasteiger partial charge in [-0.1, -0.05) is 0 Å². The van der Waals surface area contributed by atoms with Crippen molar-refractivity contribution in [3.8, 4) is 0 Å². The Hall–Kier alpha value is -2.99. The summed E-state index contributed by atoms with van der Waals surface area (Å²) in [6.45, 7) is 1.14. The number of nitrogens with two attached hydrogens (primary N) is 1. The van der Waals surface area contributed by atoms with Crippen LogP contribution in [0.3, 0.4) is 0 Å². The molecule has 4 atom stereocenters. The number of rotatable bonds is 10. The Morgan fingerprint density at radius 1 is 1.23 bits per heavy atom. The van der Waals surface area contributed by atoms with Crippen LogP contribution < -0.4 is 16.4 Å². The van der Waals surface area contributed by atoms with Crippen molar-refractivity contribution >= 4 is 23.8 Å². The van der Waals surface area contributed by atoms with Crippen LogP contribution in [-0.2, 0) is 25.6 Å². The molecule has 0 aliphatic rings. The van der Waals surface area contributed by atoms with Gasteiger partial charge in [0.15, 0.2) is 6.04 Å². The normalized spacial score (nSPS) is 15.3. The fraction of sp³-hybridized carbons (Fsp3) is 0.500. The number of hydrogen-bond donors (Lipinski definition) is 7. The lowest BCUT2D eigenvalue weighted by atomic mass is 10.1. The van der Waals surface area contributed by atoms with Crippen molar-refractivity contribution in [2.45, 2.75) is 44.0 Å². The molecule has 1 heterocycles. The molecule has 0 bridgehead atoms. The molecular formula is C14H21N5O7. The van der Waals surface area contributed by atoms with E-state index in [0.29, 0.717) is 5.69 Å². The molecule has 0 saturated heterocycles. The van der Waals surface area contributed by atoms with Gasteiger partial charge in [0.1, 0.15) is 6.04 Å². The molecule has 0 aliphatic heterocycles. The molecule has 0 fully saturated rings. The number of carbonyl (C=O) groups is 4. The average Bonchev–Trinajstić information content (AvgIpc) is 3.03. The van der Waals surface area contributed by atoms with E-state index >= 15 is 0 Å². The minimum absolute atomic E-state index is 0.0438. The number of nitrogens with zero attached hydrogens (tertiary/aromatic N) is 1. The third-order valence-corrected chi connectivity index (χ3v) is 3.38. The van der Waals surface area contributed by atoms with E-state index in [0.717, 1.165) is 6.92 Å². The van der Waals surface area contributed by atoms with Crippen LogP contribution in [-0.4, -0.2) is 73.3 Å². The summed E-state index contributed by atoms with van der Waals surface area (Å²) in [5.74, 6) is -4.78. The molecule has 12 nitrogen and oxygen atoms in total. The second-order valence-electron chi connectivity index (χ2n) is 5.60. The van der Waals surface area contributed by atoms with Gasteiger partial charge >= 0.3 is 11.9 Å². The van der Waals surface area contributed by atoms with E-state index in [1.807, 2.05) is 5.32 Å². The van der Waals surface area contributed by atoms with E-state index in [-0.39, 0.29) is 6.42 Å². The zero-order valence-electron chi connectivity index (χ0n) is 13.9. The van der Waals surface area contributed by atoms with Crippen molar-refractivity contribution in [2.75, 3.05) is 0 Å². The van der Waals surface area contributed by atoms with Gasteiger partial charge < -0.3 is 36.7 Å². The highest BCUT2D eigenvalue weighted by molar-refractivity contribution is 5.94. The minimum atomic E-state index is -1.66. The fourth-order valence-corrected chi connectivity index (χ4v) is 2.03. The van der Waals surface area contributed by atoms with Crippen LogP contribution in [0, 0.1) is 0 Å². The van der Waals surface area contributed by atoms with Crippen molar-refractivity contribution in [3.05, 3.63) is 18.2 Å². The van der Waals surface area contributed by atoms with Crippen LogP contribution >= 0.6 is 0 Å². The van der Waals surface area contributed by atoms with Gasteiger partial charge in [0.05, 0.1) is 30.6 Å². The zero-order valence-corrected chi connectivity index (χ0v) is 13.9. The summed E-state index contributed by atoms with van der Waals surface area (Å²) in [4.78, 5) is 52.8. The van der Waals surface area contributed by atoms with E-state index in [4.69, 9.17) is 15.9 Å². The van der Waals surface area contributed by atoms with Crippen LogP contribution in [0.5, 0.6) is 0 Å². The third kappa shape index (κ3) is 6.49. The smallest absolute Gasteiger partial charge is 0.328 e. The molecule has 0 radical (unpaired) electrons. The lowest BCUT2D eigenvalue weighted by molar-refractivity contribution is -0.145. The quantitative estimate of drug-likeness (QED) is 0.226. The number of imidazole rings is 1. The molecule has 1 rings (SSSR count). The summed E-state index contributed by atoms with van der Waals surface area (Å²) in [5.41, 5.74) is 6.20. The van der Waals surface area contributed by atoms with Crippen molar-refractivity contribution in [2.24, 2.45) is 5.73 Å². The van der Waals surface area contributed by atoms with Crippen molar-refractivity contribution < 1.29 is 34.5 Å². The Bertz CT molecular complexity index is 646. The molecule has 0 saturated carbocycles. The molecule has 2 amide bonds. The number of aliphatic carboxylic acids is 2. The van der Waals surface area contributed by atoms with E-state index in [2.05, 4.69) is 15.3 Å². The first kappa shape index (κ1) is 21.1. The molecule has 1 aromatic heterocycles. The Kier molecular flexibility index (Phi) is 7.68. The lowest BCUT2D eigenvalue weighted by Crippen LogP contribution is -2.57. The molecule has 0 unspecified atom stereocenters. The van der Waals surface area contributed by atoms with E-state index in [1.54, 1.807) is 0 Å². The standard InChI is InChI=1S/C14H21N5O7/c1-6(20)11(14(25)26)19-13(24)9(3-10(21)22)18-12(23)8(15)2-7-4-16-5-17-7/h4-6,8-9,11,20H,2-3,15H2,1H3,(H,16,17)(H,18,23)(H,19,24)(H,21,22)(H,25,26)/t6-,8+,9+,11+/m1/s1. The highest BCUT2D eigenvalue weighted by atomic mass is 16.4. The number of aromatic nitrogens is 2. The predicted octanol–water partition coefficient (Wildman–Crippen LogP) is -2.81. The van der Waals surface area contributed by atoms with Crippen LogP contribution in [0.4, 0.5) is 0 Å². The molecule has 0 aromatic carbocycles.